The molecule has 2 aliphatic carbocycles. The highest BCUT2D eigenvalue weighted by Crippen LogP contribution is 2.29. The summed E-state index contributed by atoms with van der Waals surface area (Å²) in [6.45, 7) is 1.44. The van der Waals surface area contributed by atoms with Gasteiger partial charge in [-0.15, -0.1) is 0 Å². The van der Waals surface area contributed by atoms with E-state index in [-0.39, 0.29) is 6.03 Å². The zero-order valence-electron chi connectivity index (χ0n) is 15.2. The van der Waals surface area contributed by atoms with Gasteiger partial charge in [-0.1, -0.05) is 12.2 Å². The first-order valence-electron chi connectivity index (χ1n) is 9.41. The zero-order chi connectivity index (χ0) is 17.9. The van der Waals surface area contributed by atoms with Gasteiger partial charge in [0.25, 0.3) is 0 Å². The third kappa shape index (κ3) is 3.98. The molecule has 0 bridgehead atoms. The number of allylic oxidation sites excluding steroid dienone is 2. The topological polar surface area (TPSA) is 68.0 Å². The molecule has 0 aromatic carbocycles. The molecule has 0 unspecified atom stereocenters. The average Bonchev–Trinajstić information content (AvgIpc) is 3.27. The van der Waals surface area contributed by atoms with Gasteiger partial charge in [0.05, 0.1) is 18.9 Å². The maximum atomic E-state index is 12.9. The Morgan fingerprint density at radius 1 is 1.31 bits per heavy atom. The lowest BCUT2D eigenvalue weighted by molar-refractivity contribution is 0.206. The second-order valence-corrected chi connectivity index (χ2v) is 7.36. The molecule has 0 radical (unpaired) electrons. The lowest BCUT2D eigenvalue weighted by Gasteiger charge is -2.23. The largest absolute Gasteiger partial charge is 0.323 e. The normalized spacial score (nSPS) is 19.5. The van der Waals surface area contributed by atoms with Crippen molar-refractivity contribution in [1.29, 1.82) is 0 Å². The van der Waals surface area contributed by atoms with Gasteiger partial charge in [0.15, 0.2) is 0 Å². The second kappa shape index (κ2) is 7.35. The summed E-state index contributed by atoms with van der Waals surface area (Å²) in [4.78, 5) is 14.8. The summed E-state index contributed by atoms with van der Waals surface area (Å²) < 4.78 is 3.70. The quantitative estimate of drug-likeness (QED) is 0.810. The Morgan fingerprint density at radius 2 is 2.19 bits per heavy atom. The number of carbonyl (C=O) groups excluding carboxylic acids is 1. The lowest BCUT2D eigenvalue weighted by atomic mass is 9.94. The highest BCUT2D eigenvalue weighted by molar-refractivity contribution is 5.88. The molecule has 2 aliphatic rings. The van der Waals surface area contributed by atoms with Crippen LogP contribution in [-0.4, -0.2) is 36.5 Å². The van der Waals surface area contributed by atoms with Crippen LogP contribution in [0.5, 0.6) is 0 Å². The van der Waals surface area contributed by atoms with Gasteiger partial charge >= 0.3 is 6.03 Å². The maximum Gasteiger partial charge on any atom is 0.323 e. The van der Waals surface area contributed by atoms with Crippen LogP contribution in [0.25, 0.3) is 0 Å². The van der Waals surface area contributed by atoms with Gasteiger partial charge in [0.2, 0.25) is 0 Å². The van der Waals surface area contributed by atoms with E-state index in [0.717, 1.165) is 43.6 Å². The molecule has 2 heterocycles. The summed E-state index contributed by atoms with van der Waals surface area (Å²) in [5.41, 5.74) is 1.05. The fourth-order valence-corrected chi connectivity index (χ4v) is 3.54. The predicted octanol–water partition coefficient (Wildman–Crippen LogP) is 3.17. The Balaban J connectivity index is 1.41. The van der Waals surface area contributed by atoms with Gasteiger partial charge < -0.3 is 4.90 Å². The molecule has 0 saturated heterocycles. The van der Waals surface area contributed by atoms with Gasteiger partial charge in [0, 0.05) is 37.5 Å². The predicted molar refractivity (Wildman–Crippen MR) is 99.5 cm³/mol. The Bertz CT molecular complexity index is 788. The van der Waals surface area contributed by atoms with E-state index in [9.17, 15) is 4.79 Å². The number of hydrogen-bond acceptors (Lipinski definition) is 3. The average molecular weight is 354 g/mol. The first kappa shape index (κ1) is 16.9. The summed E-state index contributed by atoms with van der Waals surface area (Å²) in [6, 6.07) is 2.16. The number of amides is 2. The van der Waals surface area contributed by atoms with Crippen molar-refractivity contribution in [3.8, 4) is 0 Å². The van der Waals surface area contributed by atoms with Crippen molar-refractivity contribution < 1.29 is 4.79 Å². The standard InChI is InChI=1S/C19H26N6O/c1-23-12-16(11-21-23)13-24(17-7-8-17)19(26)22-18-9-10-20-25(18)14-15-5-3-2-4-6-15/h2-3,9-12,15,17H,4-8,13-14H2,1H3,(H,22,26)/t15-/m1/s1. The van der Waals surface area contributed by atoms with Gasteiger partial charge in [-0.25, -0.2) is 9.48 Å². The van der Waals surface area contributed by atoms with Crippen molar-refractivity contribution in [1.82, 2.24) is 24.5 Å². The molecule has 4 rings (SSSR count). The Morgan fingerprint density at radius 3 is 2.88 bits per heavy atom. The minimum Gasteiger partial charge on any atom is -0.317 e. The van der Waals surface area contributed by atoms with E-state index in [1.54, 1.807) is 10.9 Å². The number of rotatable bonds is 6. The third-order valence-electron chi connectivity index (χ3n) is 5.12. The van der Waals surface area contributed by atoms with Crippen molar-refractivity contribution in [3.63, 3.8) is 0 Å². The molecule has 26 heavy (non-hydrogen) atoms. The van der Waals surface area contributed by atoms with E-state index in [1.807, 2.05) is 35.1 Å². The third-order valence-corrected chi connectivity index (χ3v) is 5.12. The molecule has 7 nitrogen and oxygen atoms in total. The lowest BCUT2D eigenvalue weighted by Crippen LogP contribution is -2.36. The van der Waals surface area contributed by atoms with Crippen molar-refractivity contribution >= 4 is 11.8 Å². The van der Waals surface area contributed by atoms with Crippen molar-refractivity contribution in [2.24, 2.45) is 13.0 Å². The van der Waals surface area contributed by atoms with Crippen molar-refractivity contribution in [2.45, 2.75) is 51.2 Å². The number of carbonyl (C=O) groups is 1. The number of aryl methyl sites for hydroxylation is 1. The first-order valence-corrected chi connectivity index (χ1v) is 9.41. The molecule has 2 aromatic rings. The fraction of sp³-hybridized carbons (Fsp3) is 0.526. The SMILES string of the molecule is Cn1cc(CN(C(=O)Nc2ccnn2C[C@@H]2CC=CCC2)C2CC2)cn1. The molecule has 0 aliphatic heterocycles. The highest BCUT2D eigenvalue weighted by Gasteiger charge is 2.33. The molecule has 2 aromatic heterocycles. The van der Waals surface area contributed by atoms with Crippen LogP contribution in [0.2, 0.25) is 0 Å². The maximum absolute atomic E-state index is 12.9. The summed E-state index contributed by atoms with van der Waals surface area (Å²) in [6.07, 6.45) is 15.6. The summed E-state index contributed by atoms with van der Waals surface area (Å²) in [5, 5.41) is 11.7. The smallest absolute Gasteiger partial charge is 0.317 e. The van der Waals surface area contributed by atoms with Crippen LogP contribution in [0, 0.1) is 5.92 Å². The van der Waals surface area contributed by atoms with Crippen LogP contribution < -0.4 is 5.32 Å². The van der Waals surface area contributed by atoms with E-state index in [4.69, 9.17) is 0 Å². The number of aromatic nitrogens is 4. The summed E-state index contributed by atoms with van der Waals surface area (Å²) >= 11 is 0. The minimum atomic E-state index is -0.0540. The molecule has 1 fully saturated rings. The highest BCUT2D eigenvalue weighted by atomic mass is 16.2. The molecule has 7 heteroatoms. The number of anilines is 1. The van der Waals surface area contributed by atoms with Crippen LogP contribution in [0.1, 0.15) is 37.7 Å². The summed E-state index contributed by atoms with van der Waals surface area (Å²) in [5.74, 6) is 1.37. The van der Waals surface area contributed by atoms with Gasteiger partial charge in [0.1, 0.15) is 5.82 Å². The first-order chi connectivity index (χ1) is 12.7. The fourth-order valence-electron chi connectivity index (χ4n) is 3.54. The van der Waals surface area contributed by atoms with Gasteiger partial charge in [-0.2, -0.15) is 10.2 Å². The Hall–Kier alpha value is -2.57. The van der Waals surface area contributed by atoms with Crippen LogP contribution in [0.3, 0.4) is 0 Å². The number of hydrogen-bond donors (Lipinski definition) is 1. The van der Waals surface area contributed by atoms with E-state index in [1.165, 1.54) is 6.42 Å². The van der Waals surface area contributed by atoms with E-state index in [2.05, 4.69) is 27.7 Å². The van der Waals surface area contributed by atoms with Crippen molar-refractivity contribution in [2.75, 3.05) is 5.32 Å². The van der Waals surface area contributed by atoms with Crippen LogP contribution in [-0.2, 0) is 20.1 Å². The van der Waals surface area contributed by atoms with Gasteiger partial charge in [-0.05, 0) is 38.0 Å². The molecule has 2 amide bonds. The Kier molecular flexibility index (Phi) is 4.77. The monoisotopic (exact) mass is 354 g/mol. The molecule has 0 spiro atoms. The Labute approximate surface area is 153 Å². The van der Waals surface area contributed by atoms with E-state index < -0.39 is 0 Å². The molecule has 138 valence electrons. The van der Waals surface area contributed by atoms with Crippen molar-refractivity contribution in [3.05, 3.63) is 42.4 Å². The number of nitrogens with zero attached hydrogens (tertiary/aromatic N) is 5. The molecule has 1 saturated carbocycles. The van der Waals surface area contributed by atoms with Crippen LogP contribution >= 0.6 is 0 Å². The number of urea groups is 1. The van der Waals surface area contributed by atoms with Crippen LogP contribution in [0.15, 0.2) is 36.8 Å². The minimum absolute atomic E-state index is 0.0540. The van der Waals surface area contributed by atoms with E-state index >= 15 is 0 Å². The summed E-state index contributed by atoms with van der Waals surface area (Å²) in [7, 11) is 1.89. The number of nitrogens with one attached hydrogen (secondary N) is 1. The van der Waals surface area contributed by atoms with Crippen LogP contribution in [0.4, 0.5) is 10.6 Å². The zero-order valence-corrected chi connectivity index (χ0v) is 15.2. The molecular weight excluding hydrogens is 328 g/mol. The molecule has 1 atom stereocenters. The molecule has 1 N–H and O–H groups in total. The molecular formula is C19H26N6O. The second-order valence-electron chi connectivity index (χ2n) is 7.36. The van der Waals surface area contributed by atoms with Gasteiger partial charge in [-0.3, -0.25) is 10.00 Å². The van der Waals surface area contributed by atoms with E-state index in [0.29, 0.717) is 18.5 Å².